The van der Waals surface area contributed by atoms with Crippen LogP contribution in [0.3, 0.4) is 0 Å². The van der Waals surface area contributed by atoms with E-state index < -0.39 is 10.0 Å². The second-order valence-corrected chi connectivity index (χ2v) is 8.75. The predicted molar refractivity (Wildman–Crippen MR) is 106 cm³/mol. The van der Waals surface area contributed by atoms with Gasteiger partial charge in [-0.3, -0.25) is 0 Å². The van der Waals surface area contributed by atoms with E-state index in [1.807, 2.05) is 24.3 Å². The van der Waals surface area contributed by atoms with Gasteiger partial charge in [-0.2, -0.15) is 9.29 Å². The van der Waals surface area contributed by atoms with E-state index in [2.05, 4.69) is 10.1 Å². The highest BCUT2D eigenvalue weighted by atomic mass is 32.2. The topological polar surface area (TPSA) is 102 Å². The van der Waals surface area contributed by atoms with Crippen LogP contribution in [0.25, 0.3) is 22.8 Å². The first-order valence-electron chi connectivity index (χ1n) is 9.31. The van der Waals surface area contributed by atoms with Crippen molar-refractivity contribution < 1.29 is 12.9 Å². The summed E-state index contributed by atoms with van der Waals surface area (Å²) in [6, 6.07) is 14.3. The van der Waals surface area contributed by atoms with Crippen molar-refractivity contribution in [3.8, 4) is 22.8 Å². The van der Waals surface area contributed by atoms with Crippen LogP contribution in [-0.2, 0) is 16.6 Å². The van der Waals surface area contributed by atoms with E-state index in [-0.39, 0.29) is 10.8 Å². The number of rotatable bonds is 5. The van der Waals surface area contributed by atoms with Crippen molar-refractivity contribution in [2.45, 2.75) is 30.7 Å². The third-order valence-electron chi connectivity index (χ3n) is 4.91. The zero-order chi connectivity index (χ0) is 19.6. The summed E-state index contributed by atoms with van der Waals surface area (Å²) in [6.45, 7) is 1.60. The van der Waals surface area contributed by atoms with E-state index in [1.54, 1.807) is 28.6 Å². The van der Waals surface area contributed by atoms with Crippen molar-refractivity contribution in [1.29, 1.82) is 0 Å². The number of aromatic nitrogens is 2. The molecule has 2 heterocycles. The minimum atomic E-state index is -3.51. The van der Waals surface area contributed by atoms with Crippen molar-refractivity contribution in [1.82, 2.24) is 14.4 Å². The zero-order valence-corrected chi connectivity index (χ0v) is 16.2. The van der Waals surface area contributed by atoms with Crippen LogP contribution in [-0.4, -0.2) is 36.0 Å². The number of nitrogens with zero attached hydrogens (tertiary/aromatic N) is 3. The molecule has 2 aromatic carbocycles. The van der Waals surface area contributed by atoms with Gasteiger partial charge >= 0.3 is 0 Å². The predicted octanol–water partition coefficient (Wildman–Crippen LogP) is 3.04. The summed E-state index contributed by atoms with van der Waals surface area (Å²) in [4.78, 5) is 4.67. The van der Waals surface area contributed by atoms with Crippen molar-refractivity contribution in [3.63, 3.8) is 0 Å². The van der Waals surface area contributed by atoms with Gasteiger partial charge in [0.1, 0.15) is 0 Å². The second kappa shape index (κ2) is 7.83. The molecule has 146 valence electrons. The molecule has 1 aliphatic heterocycles. The van der Waals surface area contributed by atoms with Gasteiger partial charge in [0.15, 0.2) is 0 Å². The van der Waals surface area contributed by atoms with E-state index in [4.69, 9.17) is 10.3 Å². The molecular weight excluding hydrogens is 376 g/mol. The highest BCUT2D eigenvalue weighted by molar-refractivity contribution is 7.89. The van der Waals surface area contributed by atoms with Crippen LogP contribution in [0.1, 0.15) is 24.8 Å². The Morgan fingerprint density at radius 1 is 1.00 bits per heavy atom. The molecule has 4 rings (SSSR count). The van der Waals surface area contributed by atoms with Crippen LogP contribution in [0.4, 0.5) is 0 Å². The fourth-order valence-electron chi connectivity index (χ4n) is 3.29. The van der Waals surface area contributed by atoms with E-state index in [1.165, 1.54) is 0 Å². The first-order valence-corrected chi connectivity index (χ1v) is 10.8. The molecule has 8 heteroatoms. The van der Waals surface area contributed by atoms with E-state index in [9.17, 15) is 8.42 Å². The van der Waals surface area contributed by atoms with Gasteiger partial charge in [0.25, 0.3) is 5.89 Å². The molecule has 0 aliphatic carbocycles. The maximum Gasteiger partial charge on any atom is 0.258 e. The Kier molecular flexibility index (Phi) is 5.25. The van der Waals surface area contributed by atoms with Gasteiger partial charge < -0.3 is 10.3 Å². The third kappa shape index (κ3) is 3.71. The van der Waals surface area contributed by atoms with Crippen molar-refractivity contribution >= 4 is 10.0 Å². The zero-order valence-electron chi connectivity index (χ0n) is 15.4. The second-order valence-electron chi connectivity index (χ2n) is 6.82. The highest BCUT2D eigenvalue weighted by Gasteiger charge is 2.26. The van der Waals surface area contributed by atoms with Gasteiger partial charge in [0.2, 0.25) is 15.8 Å². The van der Waals surface area contributed by atoms with E-state index >= 15 is 0 Å². The minimum absolute atomic E-state index is 0.249. The Balaban J connectivity index is 1.62. The standard InChI is InChI=1S/C20H22N4O3S/c21-14-15-7-9-16(10-8-15)19-22-20(27-23-19)17-5-4-6-18(13-17)28(25,26)24-11-2-1-3-12-24/h4-10,13H,1-3,11-12,14,21H2. The number of hydrogen-bond donors (Lipinski definition) is 1. The van der Waals surface area contributed by atoms with E-state index in [0.717, 1.165) is 30.4 Å². The molecule has 7 nitrogen and oxygen atoms in total. The quantitative estimate of drug-likeness (QED) is 0.709. The molecule has 0 atom stereocenters. The lowest BCUT2D eigenvalue weighted by atomic mass is 10.1. The molecule has 0 unspecified atom stereocenters. The van der Waals surface area contributed by atoms with Gasteiger partial charge in [-0.25, -0.2) is 8.42 Å². The molecule has 0 spiro atoms. The largest absolute Gasteiger partial charge is 0.334 e. The Morgan fingerprint density at radius 2 is 1.75 bits per heavy atom. The van der Waals surface area contributed by atoms with Crippen molar-refractivity contribution in [2.75, 3.05) is 13.1 Å². The maximum atomic E-state index is 12.9. The molecule has 0 bridgehead atoms. The average molecular weight is 398 g/mol. The smallest absolute Gasteiger partial charge is 0.258 e. The maximum absolute atomic E-state index is 12.9. The molecule has 2 N–H and O–H groups in total. The van der Waals surface area contributed by atoms with Crippen LogP contribution < -0.4 is 5.73 Å². The number of hydrogen-bond acceptors (Lipinski definition) is 6. The summed E-state index contributed by atoms with van der Waals surface area (Å²) in [6.07, 6.45) is 2.87. The van der Waals surface area contributed by atoms with Crippen LogP contribution in [0.5, 0.6) is 0 Å². The van der Waals surface area contributed by atoms with Crippen LogP contribution in [0, 0.1) is 0 Å². The Hall–Kier alpha value is -2.55. The average Bonchev–Trinajstić information content (AvgIpc) is 3.25. The molecule has 0 radical (unpaired) electrons. The van der Waals surface area contributed by atoms with Gasteiger partial charge in [-0.05, 0) is 36.6 Å². The molecule has 1 aliphatic rings. The number of piperidine rings is 1. The summed E-state index contributed by atoms with van der Waals surface area (Å²) >= 11 is 0. The summed E-state index contributed by atoms with van der Waals surface area (Å²) in [5.74, 6) is 0.733. The van der Waals surface area contributed by atoms with Gasteiger partial charge in [-0.15, -0.1) is 0 Å². The van der Waals surface area contributed by atoms with Crippen LogP contribution in [0.2, 0.25) is 0 Å². The van der Waals surface area contributed by atoms with Gasteiger partial charge in [-0.1, -0.05) is 41.9 Å². The third-order valence-corrected chi connectivity index (χ3v) is 6.80. The van der Waals surface area contributed by atoms with E-state index in [0.29, 0.717) is 31.0 Å². The molecule has 28 heavy (non-hydrogen) atoms. The van der Waals surface area contributed by atoms with Gasteiger partial charge in [0.05, 0.1) is 4.90 Å². The minimum Gasteiger partial charge on any atom is -0.334 e. The molecule has 0 amide bonds. The Labute approximate surface area is 164 Å². The molecule has 1 aromatic heterocycles. The molecule has 3 aromatic rings. The van der Waals surface area contributed by atoms with Crippen molar-refractivity contribution in [2.24, 2.45) is 5.73 Å². The number of nitrogens with two attached hydrogens (primary N) is 1. The lowest BCUT2D eigenvalue weighted by Crippen LogP contribution is -2.35. The number of benzene rings is 2. The monoisotopic (exact) mass is 398 g/mol. The summed E-state index contributed by atoms with van der Waals surface area (Å²) in [5.41, 5.74) is 8.02. The summed E-state index contributed by atoms with van der Waals surface area (Å²) < 4.78 is 32.7. The van der Waals surface area contributed by atoms with Crippen molar-refractivity contribution in [3.05, 3.63) is 54.1 Å². The SMILES string of the molecule is NCc1ccc(-c2noc(-c3cccc(S(=O)(=O)N4CCCCC4)c3)n2)cc1. The van der Waals surface area contributed by atoms with Gasteiger partial charge in [0, 0.05) is 30.8 Å². The Morgan fingerprint density at radius 3 is 2.46 bits per heavy atom. The Bertz CT molecular complexity index is 1060. The lowest BCUT2D eigenvalue weighted by molar-refractivity contribution is 0.346. The summed E-state index contributed by atoms with van der Waals surface area (Å²) in [7, 11) is -3.51. The van der Waals surface area contributed by atoms with Crippen LogP contribution >= 0.6 is 0 Å². The fourth-order valence-corrected chi connectivity index (χ4v) is 4.86. The molecular formula is C20H22N4O3S. The highest BCUT2D eigenvalue weighted by Crippen LogP contribution is 2.27. The normalized spacial score (nSPS) is 15.6. The lowest BCUT2D eigenvalue weighted by Gasteiger charge is -2.25. The van der Waals surface area contributed by atoms with Crippen LogP contribution in [0.15, 0.2) is 57.9 Å². The number of sulfonamides is 1. The first-order chi connectivity index (χ1) is 13.6. The first kappa shape index (κ1) is 18.8. The molecule has 1 saturated heterocycles. The summed E-state index contributed by atoms with van der Waals surface area (Å²) in [5, 5.41) is 4.02. The molecule has 0 saturated carbocycles. The molecule has 1 fully saturated rings. The fraction of sp³-hybridized carbons (Fsp3) is 0.300.